The Morgan fingerprint density at radius 1 is 1.06 bits per heavy atom. The predicted molar refractivity (Wildman–Crippen MR) is 117 cm³/mol. The van der Waals surface area contributed by atoms with Gasteiger partial charge in [0.15, 0.2) is 0 Å². The number of aromatic amines is 2. The summed E-state index contributed by atoms with van der Waals surface area (Å²) >= 11 is 0. The number of hydrogen-bond acceptors (Lipinski definition) is 5. The lowest BCUT2D eigenvalue weighted by molar-refractivity contribution is 0.252. The van der Waals surface area contributed by atoms with E-state index in [1.807, 2.05) is 30.1 Å². The molecule has 2 aromatic heterocycles. The van der Waals surface area contributed by atoms with Crippen LogP contribution in [-0.4, -0.2) is 45.2 Å². The molecule has 158 valence electrons. The van der Waals surface area contributed by atoms with Crippen molar-refractivity contribution in [1.29, 1.82) is 0 Å². The van der Waals surface area contributed by atoms with Gasteiger partial charge >= 0.3 is 5.69 Å². The van der Waals surface area contributed by atoms with Crippen LogP contribution in [0.2, 0.25) is 0 Å². The first-order chi connectivity index (χ1) is 15.0. The normalized spacial score (nSPS) is 16.4. The lowest BCUT2D eigenvalue weighted by Gasteiger charge is -2.33. The van der Waals surface area contributed by atoms with Gasteiger partial charge in [0.1, 0.15) is 11.3 Å². The Morgan fingerprint density at radius 3 is 2.55 bits per heavy atom. The number of aromatic nitrogens is 3. The van der Waals surface area contributed by atoms with E-state index < -0.39 is 17.3 Å². The van der Waals surface area contributed by atoms with Gasteiger partial charge in [0.25, 0.3) is 5.56 Å². The quantitative estimate of drug-likeness (QED) is 0.474. The Balaban J connectivity index is 1.74. The van der Waals surface area contributed by atoms with Gasteiger partial charge in [-0.1, -0.05) is 18.2 Å². The number of rotatable bonds is 3. The number of para-hydroxylation sites is 1. The van der Waals surface area contributed by atoms with Crippen molar-refractivity contribution in [2.24, 2.45) is 0 Å². The van der Waals surface area contributed by atoms with Gasteiger partial charge in [-0.2, -0.15) is 0 Å². The highest BCUT2D eigenvalue weighted by atomic mass is 16.5. The van der Waals surface area contributed by atoms with Gasteiger partial charge < -0.3 is 14.8 Å². The van der Waals surface area contributed by atoms with E-state index in [0.717, 1.165) is 33.1 Å². The average molecular weight is 418 g/mol. The van der Waals surface area contributed by atoms with Crippen LogP contribution < -0.4 is 16.0 Å². The highest BCUT2D eigenvalue weighted by Gasteiger charge is 2.34. The monoisotopic (exact) mass is 418 g/mol. The van der Waals surface area contributed by atoms with Crippen molar-refractivity contribution in [1.82, 2.24) is 19.4 Å². The van der Waals surface area contributed by atoms with Crippen LogP contribution in [0, 0.1) is 0 Å². The zero-order valence-electron chi connectivity index (χ0n) is 17.2. The number of benzene rings is 2. The van der Waals surface area contributed by atoms with Gasteiger partial charge in [-0.25, -0.2) is 9.36 Å². The molecule has 1 atom stereocenters. The summed E-state index contributed by atoms with van der Waals surface area (Å²) in [5.41, 5.74) is 2.21. The molecule has 0 fully saturated rings. The maximum Gasteiger partial charge on any atom is 0.335 e. The van der Waals surface area contributed by atoms with Crippen molar-refractivity contribution < 1.29 is 9.84 Å². The maximum atomic E-state index is 12.9. The number of fused-ring (bicyclic) bond motifs is 3. The Hall–Kier alpha value is -3.78. The highest BCUT2D eigenvalue weighted by Crippen LogP contribution is 2.39. The fourth-order valence-corrected chi connectivity index (χ4v) is 4.48. The lowest BCUT2D eigenvalue weighted by Crippen LogP contribution is -2.39. The van der Waals surface area contributed by atoms with E-state index in [1.165, 1.54) is 0 Å². The Labute approximate surface area is 177 Å². The molecule has 8 heteroatoms. The first kappa shape index (κ1) is 19.2. The number of nitrogens with one attached hydrogen (secondary N) is 2. The van der Waals surface area contributed by atoms with Gasteiger partial charge in [0.05, 0.1) is 18.8 Å². The Bertz CT molecular complexity index is 1400. The molecule has 0 saturated carbocycles. The molecule has 0 saturated heterocycles. The molecule has 4 aromatic rings. The lowest BCUT2D eigenvalue weighted by atomic mass is 9.94. The number of ether oxygens (including phenoxy) is 1. The van der Waals surface area contributed by atoms with Crippen LogP contribution in [0.3, 0.4) is 0 Å². The molecule has 1 aliphatic rings. The molecule has 8 nitrogen and oxygen atoms in total. The van der Waals surface area contributed by atoms with E-state index in [9.17, 15) is 14.7 Å². The molecule has 0 aliphatic carbocycles. The molecule has 3 heterocycles. The molecule has 1 aliphatic heterocycles. The number of nitrogens with zero attached hydrogens (tertiary/aromatic N) is 2. The molecule has 31 heavy (non-hydrogen) atoms. The first-order valence-corrected chi connectivity index (χ1v) is 10.0. The molecule has 0 bridgehead atoms. The van der Waals surface area contributed by atoms with E-state index in [2.05, 4.69) is 16.0 Å². The van der Waals surface area contributed by atoms with E-state index in [-0.39, 0.29) is 11.4 Å². The topological polar surface area (TPSA) is 103 Å². The van der Waals surface area contributed by atoms with Crippen molar-refractivity contribution in [3.8, 4) is 17.3 Å². The van der Waals surface area contributed by atoms with Gasteiger partial charge in [-0.05, 0) is 49.4 Å². The van der Waals surface area contributed by atoms with Crippen LogP contribution in [0.15, 0.2) is 58.1 Å². The minimum Gasteiger partial charge on any atom is -0.497 e. The Kier molecular flexibility index (Phi) is 4.44. The van der Waals surface area contributed by atoms with E-state index in [0.29, 0.717) is 18.0 Å². The van der Waals surface area contributed by atoms with Crippen LogP contribution in [0.1, 0.15) is 22.9 Å². The van der Waals surface area contributed by atoms with Crippen LogP contribution in [0.5, 0.6) is 11.6 Å². The summed E-state index contributed by atoms with van der Waals surface area (Å²) in [7, 11) is 3.45. The smallest absolute Gasteiger partial charge is 0.335 e. The molecular weight excluding hydrogens is 396 g/mol. The fraction of sp³-hybridized carbons (Fsp3) is 0.217. The van der Waals surface area contributed by atoms with E-state index in [1.54, 1.807) is 31.4 Å². The molecule has 0 unspecified atom stereocenters. The second-order valence-corrected chi connectivity index (χ2v) is 7.73. The van der Waals surface area contributed by atoms with Gasteiger partial charge in [0, 0.05) is 23.1 Å². The summed E-state index contributed by atoms with van der Waals surface area (Å²) in [6, 6.07) is 14.1. The summed E-state index contributed by atoms with van der Waals surface area (Å²) in [6.45, 7) is 0.708. The number of H-pyrrole nitrogens is 2. The number of hydrogen-bond donors (Lipinski definition) is 3. The van der Waals surface area contributed by atoms with Crippen LogP contribution in [0.4, 0.5) is 0 Å². The van der Waals surface area contributed by atoms with Crippen molar-refractivity contribution in [3.05, 3.63) is 86.2 Å². The third-order valence-corrected chi connectivity index (χ3v) is 6.00. The van der Waals surface area contributed by atoms with Crippen molar-refractivity contribution >= 4 is 10.9 Å². The van der Waals surface area contributed by atoms with Crippen LogP contribution in [0.25, 0.3) is 16.6 Å². The summed E-state index contributed by atoms with van der Waals surface area (Å²) in [5.74, 6) is 0.248. The summed E-state index contributed by atoms with van der Waals surface area (Å²) in [4.78, 5) is 33.4. The van der Waals surface area contributed by atoms with Gasteiger partial charge in [-0.3, -0.25) is 14.7 Å². The zero-order valence-corrected chi connectivity index (χ0v) is 17.2. The molecule has 0 radical (unpaired) electrons. The minimum absolute atomic E-state index is 0.130. The largest absolute Gasteiger partial charge is 0.497 e. The zero-order chi connectivity index (χ0) is 21.7. The van der Waals surface area contributed by atoms with E-state index >= 15 is 0 Å². The molecule has 0 amide bonds. The minimum atomic E-state index is -0.702. The molecule has 3 N–H and O–H groups in total. The van der Waals surface area contributed by atoms with E-state index in [4.69, 9.17) is 4.74 Å². The van der Waals surface area contributed by atoms with Crippen LogP contribution >= 0.6 is 0 Å². The van der Waals surface area contributed by atoms with Crippen molar-refractivity contribution in [3.63, 3.8) is 0 Å². The third-order valence-electron chi connectivity index (χ3n) is 6.00. The molecule has 0 spiro atoms. The number of aromatic hydroxyl groups is 1. The van der Waals surface area contributed by atoms with Crippen molar-refractivity contribution in [2.45, 2.75) is 12.5 Å². The average Bonchev–Trinajstić information content (AvgIpc) is 3.14. The maximum absolute atomic E-state index is 12.9. The third kappa shape index (κ3) is 2.95. The second-order valence-electron chi connectivity index (χ2n) is 7.73. The fourth-order valence-electron chi connectivity index (χ4n) is 4.48. The van der Waals surface area contributed by atoms with Gasteiger partial charge in [-0.15, -0.1) is 0 Å². The first-order valence-electron chi connectivity index (χ1n) is 10.0. The second kappa shape index (κ2) is 7.17. The number of likely N-dealkylation sites (N-methyl/N-ethyl adjacent to an activating group) is 1. The summed E-state index contributed by atoms with van der Waals surface area (Å²) in [5, 5.41) is 12.3. The summed E-state index contributed by atoms with van der Waals surface area (Å²) in [6.07, 6.45) is 0.823. The standard InChI is InChI=1S/C23H22N4O4/c1-26-12-11-16-15-5-3-4-6-17(15)24-19(16)20(26)18-21(28)25-23(30)27(22(18)29)13-7-9-14(31-2)10-8-13/h3-10,20,24,29H,11-12H2,1-2H3,(H,25,28,30)/t20-/m0/s1. The number of methoxy groups -OCH3 is 1. The van der Waals surface area contributed by atoms with Crippen molar-refractivity contribution in [2.75, 3.05) is 20.7 Å². The molecule has 5 rings (SSSR count). The Morgan fingerprint density at radius 2 is 1.81 bits per heavy atom. The van der Waals surface area contributed by atoms with Gasteiger partial charge in [0.2, 0.25) is 5.88 Å². The van der Waals surface area contributed by atoms with Crippen LogP contribution in [-0.2, 0) is 6.42 Å². The SMILES string of the molecule is COc1ccc(-n2c(O)c([C@H]3c4[nH]c5ccccc5c4CCN3C)c(=O)[nH]c2=O)cc1. The summed E-state index contributed by atoms with van der Waals surface area (Å²) < 4.78 is 6.28. The highest BCUT2D eigenvalue weighted by molar-refractivity contribution is 5.85. The molecule has 2 aromatic carbocycles. The predicted octanol–water partition coefficient (Wildman–Crippen LogP) is 2.30. The molecular formula is C23H22N4O4.